The van der Waals surface area contributed by atoms with Gasteiger partial charge in [-0.15, -0.1) is 0 Å². The van der Waals surface area contributed by atoms with E-state index < -0.39 is 6.10 Å². The van der Waals surface area contributed by atoms with Crippen LogP contribution in [0.1, 0.15) is 38.8 Å². The Bertz CT molecular complexity index is 791. The van der Waals surface area contributed by atoms with Gasteiger partial charge in [0.2, 0.25) is 6.10 Å². The first-order valence-corrected chi connectivity index (χ1v) is 8.76. The number of hydrogen-bond acceptors (Lipinski definition) is 4. The molecule has 27 heavy (non-hydrogen) atoms. The highest BCUT2D eigenvalue weighted by Crippen LogP contribution is 2.23. The average Bonchev–Trinajstić information content (AvgIpc) is 2.65. The number of nitrogens with two attached hydrogens (primary N) is 1. The lowest BCUT2D eigenvalue weighted by molar-refractivity contribution is -0.126. The molecule has 0 saturated heterocycles. The second kappa shape index (κ2) is 8.58. The molecule has 144 valence electrons. The molecule has 0 saturated carbocycles. The molecule has 0 spiro atoms. The monoisotopic (exact) mass is 369 g/mol. The van der Waals surface area contributed by atoms with Gasteiger partial charge in [-0.05, 0) is 54.3 Å². The molecule has 0 fully saturated rings. The van der Waals surface area contributed by atoms with E-state index in [4.69, 9.17) is 15.3 Å². The fraction of sp³-hybridized carbons (Fsp3) is 0.333. The molecule has 0 heterocycles. The Kier molecular flexibility index (Phi) is 6.45. The lowest BCUT2D eigenvalue weighted by Gasteiger charge is -2.19. The van der Waals surface area contributed by atoms with Gasteiger partial charge in [-0.25, -0.2) is 0 Å². The highest BCUT2D eigenvalue weighted by Gasteiger charge is 2.16. The number of methoxy groups -OCH3 is 1. The van der Waals surface area contributed by atoms with Crippen molar-refractivity contribution in [3.05, 3.63) is 59.7 Å². The molecular weight excluding hydrogens is 342 g/mol. The van der Waals surface area contributed by atoms with Crippen LogP contribution in [0.15, 0.2) is 53.7 Å². The number of nitrogens with zero attached hydrogens (tertiary/aromatic N) is 1. The van der Waals surface area contributed by atoms with Crippen molar-refractivity contribution in [1.82, 2.24) is 0 Å². The number of carbonyl (C=O) groups excluding carboxylic acids is 1. The molecule has 0 aliphatic carbocycles. The Balaban J connectivity index is 1.94. The molecule has 2 aromatic carbocycles. The first-order valence-electron chi connectivity index (χ1n) is 8.76. The number of benzene rings is 2. The lowest BCUT2D eigenvalue weighted by atomic mass is 9.87. The zero-order chi connectivity index (χ0) is 20.0. The van der Waals surface area contributed by atoms with Crippen LogP contribution >= 0.6 is 0 Å². The number of amidine groups is 1. The fourth-order valence-corrected chi connectivity index (χ4v) is 2.30. The van der Waals surface area contributed by atoms with Crippen LogP contribution in [0.5, 0.6) is 5.75 Å². The summed E-state index contributed by atoms with van der Waals surface area (Å²) in [6.45, 7) is 8.04. The SMILES string of the molecule is COc1ccc(C(N)=NOC(C)C(=O)Nc2ccc(C(C)(C)C)cc2)cc1. The maximum absolute atomic E-state index is 12.3. The predicted molar refractivity (Wildman–Crippen MR) is 108 cm³/mol. The van der Waals surface area contributed by atoms with Crippen LogP contribution < -0.4 is 15.8 Å². The van der Waals surface area contributed by atoms with E-state index in [1.165, 1.54) is 5.56 Å². The number of nitrogens with one attached hydrogen (secondary N) is 1. The maximum Gasteiger partial charge on any atom is 0.267 e. The van der Waals surface area contributed by atoms with Gasteiger partial charge in [0.15, 0.2) is 5.84 Å². The second-order valence-corrected chi connectivity index (χ2v) is 7.27. The van der Waals surface area contributed by atoms with E-state index in [0.717, 1.165) is 5.75 Å². The van der Waals surface area contributed by atoms with E-state index in [-0.39, 0.29) is 17.2 Å². The lowest BCUT2D eigenvalue weighted by Crippen LogP contribution is -2.27. The summed E-state index contributed by atoms with van der Waals surface area (Å²) in [5, 5.41) is 6.66. The molecule has 3 N–H and O–H groups in total. The summed E-state index contributed by atoms with van der Waals surface area (Å²) in [5.74, 6) is 0.606. The second-order valence-electron chi connectivity index (χ2n) is 7.27. The summed E-state index contributed by atoms with van der Waals surface area (Å²) in [4.78, 5) is 17.5. The summed E-state index contributed by atoms with van der Waals surface area (Å²) < 4.78 is 5.10. The van der Waals surface area contributed by atoms with E-state index in [1.807, 2.05) is 24.3 Å². The van der Waals surface area contributed by atoms with Gasteiger partial charge in [-0.2, -0.15) is 0 Å². The quantitative estimate of drug-likeness (QED) is 0.462. The first kappa shape index (κ1) is 20.3. The summed E-state index contributed by atoms with van der Waals surface area (Å²) in [6.07, 6.45) is -0.788. The number of carbonyl (C=O) groups is 1. The minimum absolute atomic E-state index is 0.0621. The van der Waals surface area contributed by atoms with Crippen molar-refractivity contribution < 1.29 is 14.4 Å². The molecule has 2 rings (SSSR count). The summed E-state index contributed by atoms with van der Waals surface area (Å²) in [5.41, 5.74) is 8.54. The first-order chi connectivity index (χ1) is 12.7. The fourth-order valence-electron chi connectivity index (χ4n) is 2.30. The average molecular weight is 369 g/mol. The topological polar surface area (TPSA) is 85.9 Å². The van der Waals surface area contributed by atoms with Crippen LogP contribution in [0.4, 0.5) is 5.69 Å². The van der Waals surface area contributed by atoms with Gasteiger partial charge in [0, 0.05) is 11.3 Å². The van der Waals surface area contributed by atoms with Crippen LogP contribution in [0.3, 0.4) is 0 Å². The third kappa shape index (κ3) is 5.74. The molecule has 2 aromatic rings. The molecule has 0 aliphatic heterocycles. The van der Waals surface area contributed by atoms with Gasteiger partial charge in [0.25, 0.3) is 5.91 Å². The van der Waals surface area contributed by atoms with E-state index >= 15 is 0 Å². The van der Waals surface area contributed by atoms with E-state index in [1.54, 1.807) is 38.3 Å². The molecule has 0 aromatic heterocycles. The van der Waals surface area contributed by atoms with E-state index in [9.17, 15) is 4.79 Å². The Labute approximate surface area is 160 Å². The van der Waals surface area contributed by atoms with Gasteiger partial charge >= 0.3 is 0 Å². The van der Waals surface area contributed by atoms with Crippen molar-refractivity contribution in [2.45, 2.75) is 39.2 Å². The Morgan fingerprint density at radius 1 is 1.07 bits per heavy atom. The van der Waals surface area contributed by atoms with E-state index in [0.29, 0.717) is 11.3 Å². The van der Waals surface area contributed by atoms with Gasteiger partial charge in [-0.1, -0.05) is 38.1 Å². The van der Waals surface area contributed by atoms with Crippen molar-refractivity contribution in [2.75, 3.05) is 12.4 Å². The third-order valence-corrected chi connectivity index (χ3v) is 4.08. The van der Waals surface area contributed by atoms with Crippen molar-refractivity contribution >= 4 is 17.4 Å². The Hall–Kier alpha value is -3.02. The largest absolute Gasteiger partial charge is 0.497 e. The van der Waals surface area contributed by atoms with Crippen LogP contribution in [0, 0.1) is 0 Å². The molecule has 6 nitrogen and oxygen atoms in total. The molecule has 6 heteroatoms. The van der Waals surface area contributed by atoms with Crippen LogP contribution in [-0.4, -0.2) is 25.0 Å². The van der Waals surface area contributed by atoms with Crippen LogP contribution in [0.25, 0.3) is 0 Å². The van der Waals surface area contributed by atoms with Crippen LogP contribution in [0.2, 0.25) is 0 Å². The third-order valence-electron chi connectivity index (χ3n) is 4.08. The smallest absolute Gasteiger partial charge is 0.267 e. The van der Waals surface area contributed by atoms with Crippen LogP contribution in [-0.2, 0) is 15.0 Å². The van der Waals surface area contributed by atoms with Crippen molar-refractivity contribution in [3.8, 4) is 5.75 Å². The molecule has 0 aliphatic rings. The molecule has 1 amide bonds. The predicted octanol–water partition coefficient (Wildman–Crippen LogP) is 3.66. The molecule has 1 unspecified atom stereocenters. The number of amides is 1. The molecule has 1 atom stereocenters. The van der Waals surface area contributed by atoms with Gasteiger partial charge in [0.1, 0.15) is 5.75 Å². The highest BCUT2D eigenvalue weighted by atomic mass is 16.6. The van der Waals surface area contributed by atoms with Crippen molar-refractivity contribution in [1.29, 1.82) is 0 Å². The minimum atomic E-state index is -0.788. The number of oxime groups is 1. The number of ether oxygens (including phenoxy) is 1. The molecular formula is C21H27N3O3. The Morgan fingerprint density at radius 3 is 2.19 bits per heavy atom. The zero-order valence-electron chi connectivity index (χ0n) is 16.4. The van der Waals surface area contributed by atoms with Gasteiger partial charge in [0.05, 0.1) is 7.11 Å². The van der Waals surface area contributed by atoms with Gasteiger partial charge in [-0.3, -0.25) is 4.79 Å². The highest BCUT2D eigenvalue weighted by molar-refractivity contribution is 5.97. The summed E-state index contributed by atoms with van der Waals surface area (Å²) in [6, 6.07) is 14.8. The normalized spacial score (nSPS) is 13.0. The summed E-state index contributed by atoms with van der Waals surface area (Å²) >= 11 is 0. The summed E-state index contributed by atoms with van der Waals surface area (Å²) in [7, 11) is 1.59. The molecule has 0 radical (unpaired) electrons. The maximum atomic E-state index is 12.3. The number of anilines is 1. The number of hydrogen-bond donors (Lipinski definition) is 2. The zero-order valence-corrected chi connectivity index (χ0v) is 16.4. The standard InChI is InChI=1S/C21H27N3O3/c1-14(27-24-19(22)15-6-12-18(26-5)13-7-15)20(25)23-17-10-8-16(9-11-17)21(2,3)4/h6-14H,1-5H3,(H2,22,24)(H,23,25). The van der Waals surface area contributed by atoms with Crippen molar-refractivity contribution in [3.63, 3.8) is 0 Å². The number of rotatable bonds is 6. The van der Waals surface area contributed by atoms with Crippen molar-refractivity contribution in [2.24, 2.45) is 10.9 Å². The molecule has 0 bridgehead atoms. The Morgan fingerprint density at radius 2 is 1.67 bits per heavy atom. The minimum Gasteiger partial charge on any atom is -0.497 e. The van der Waals surface area contributed by atoms with E-state index in [2.05, 4.69) is 31.2 Å². The van der Waals surface area contributed by atoms with Gasteiger partial charge < -0.3 is 20.6 Å².